The maximum Gasteiger partial charge on any atom is 0.252 e. The van der Waals surface area contributed by atoms with Gasteiger partial charge < -0.3 is 10.2 Å². The number of anilines is 1. The molecule has 1 aromatic heterocycles. The Morgan fingerprint density at radius 3 is 2.68 bits per heavy atom. The predicted molar refractivity (Wildman–Crippen MR) is 93.1 cm³/mol. The number of fused-ring (bicyclic) bond motifs is 3. The molecule has 132 valence electrons. The van der Waals surface area contributed by atoms with Gasteiger partial charge in [-0.25, -0.2) is 13.8 Å². The van der Waals surface area contributed by atoms with Gasteiger partial charge in [0.05, 0.1) is 11.1 Å². The number of pyridine rings is 1. The number of nitrogens with zero attached hydrogens (tertiary/aromatic N) is 2. The van der Waals surface area contributed by atoms with Crippen molar-refractivity contribution in [2.75, 3.05) is 19.0 Å². The number of halogens is 2. The van der Waals surface area contributed by atoms with Gasteiger partial charge in [-0.15, -0.1) is 0 Å². The van der Waals surface area contributed by atoms with Crippen LogP contribution in [0.1, 0.15) is 29.6 Å². The van der Waals surface area contributed by atoms with Crippen LogP contribution in [-0.2, 0) is 0 Å². The van der Waals surface area contributed by atoms with Crippen molar-refractivity contribution >= 4 is 22.6 Å². The summed E-state index contributed by atoms with van der Waals surface area (Å²) in [6.45, 7) is 0. The van der Waals surface area contributed by atoms with Gasteiger partial charge in [0.25, 0.3) is 11.8 Å². The van der Waals surface area contributed by atoms with Gasteiger partial charge in [-0.3, -0.25) is 4.79 Å². The molecule has 4 nitrogen and oxygen atoms in total. The van der Waals surface area contributed by atoms with Gasteiger partial charge in [-0.05, 0) is 30.9 Å². The van der Waals surface area contributed by atoms with E-state index in [1.807, 2.05) is 43.3 Å². The summed E-state index contributed by atoms with van der Waals surface area (Å²) in [5.41, 5.74) is 1.29. The van der Waals surface area contributed by atoms with Crippen LogP contribution in [0, 0.1) is 11.8 Å². The molecule has 1 heterocycles. The third kappa shape index (κ3) is 2.73. The molecule has 0 saturated heterocycles. The lowest BCUT2D eigenvalue weighted by atomic mass is 9.92. The summed E-state index contributed by atoms with van der Waals surface area (Å²) < 4.78 is 27.4. The molecule has 0 aliphatic heterocycles. The second kappa shape index (κ2) is 5.64. The van der Waals surface area contributed by atoms with E-state index in [0.717, 1.165) is 10.9 Å². The van der Waals surface area contributed by atoms with Gasteiger partial charge in [-0.2, -0.15) is 0 Å². The first-order valence-electron chi connectivity index (χ1n) is 8.61. The fourth-order valence-electron chi connectivity index (χ4n) is 4.21. The lowest BCUT2D eigenvalue weighted by Gasteiger charge is -2.28. The molecule has 0 radical (unpaired) electrons. The minimum atomic E-state index is -2.56. The first kappa shape index (κ1) is 16.2. The molecule has 2 fully saturated rings. The van der Waals surface area contributed by atoms with Crippen molar-refractivity contribution in [3.63, 3.8) is 0 Å². The molecule has 2 aliphatic carbocycles. The Morgan fingerprint density at radius 1 is 1.28 bits per heavy atom. The SMILES string of the molecule is CN(C)c1cc(C(=O)NC2CC3CC2CC3(F)F)c2ccccc2n1. The van der Waals surface area contributed by atoms with Crippen LogP contribution in [0.15, 0.2) is 30.3 Å². The molecule has 3 atom stereocenters. The van der Waals surface area contributed by atoms with Crippen LogP contribution in [-0.4, -0.2) is 37.0 Å². The van der Waals surface area contributed by atoms with E-state index in [9.17, 15) is 13.6 Å². The number of hydrogen-bond acceptors (Lipinski definition) is 3. The highest BCUT2D eigenvalue weighted by Crippen LogP contribution is 2.53. The van der Waals surface area contributed by atoms with Gasteiger partial charge in [0.2, 0.25) is 0 Å². The number of hydrogen-bond donors (Lipinski definition) is 1. The first-order chi connectivity index (χ1) is 11.8. The average molecular weight is 345 g/mol. The zero-order valence-corrected chi connectivity index (χ0v) is 14.3. The molecule has 4 rings (SSSR count). The van der Waals surface area contributed by atoms with Crippen molar-refractivity contribution in [1.82, 2.24) is 10.3 Å². The summed E-state index contributed by atoms with van der Waals surface area (Å²) in [6.07, 6.45) is 0.771. The van der Waals surface area contributed by atoms with E-state index in [0.29, 0.717) is 24.2 Å². The van der Waals surface area contributed by atoms with E-state index >= 15 is 0 Å². The molecule has 1 aromatic carbocycles. The maximum atomic E-state index is 13.7. The fraction of sp³-hybridized carbons (Fsp3) is 0.474. The third-order valence-electron chi connectivity index (χ3n) is 5.55. The summed E-state index contributed by atoms with van der Waals surface area (Å²) in [5, 5.41) is 3.78. The van der Waals surface area contributed by atoms with Crippen LogP contribution in [0.4, 0.5) is 14.6 Å². The molecule has 3 unspecified atom stereocenters. The Morgan fingerprint density at radius 2 is 2.04 bits per heavy atom. The zero-order valence-electron chi connectivity index (χ0n) is 14.3. The Balaban J connectivity index is 1.62. The summed E-state index contributed by atoms with van der Waals surface area (Å²) in [7, 11) is 3.74. The standard InChI is InChI=1S/C19H21F2N3O/c1-24(2)17-9-14(13-5-3-4-6-15(13)22-17)18(25)23-16-8-12-7-11(16)10-19(12,20)21/h3-6,9,11-12,16H,7-8,10H2,1-2H3,(H,23,25). The van der Waals surface area contributed by atoms with Gasteiger partial charge >= 0.3 is 0 Å². The summed E-state index contributed by atoms with van der Waals surface area (Å²) in [5.74, 6) is -2.78. The number of benzene rings is 1. The number of nitrogens with one attached hydrogen (secondary N) is 1. The van der Waals surface area contributed by atoms with Crippen LogP contribution >= 0.6 is 0 Å². The smallest absolute Gasteiger partial charge is 0.252 e. The molecule has 2 bridgehead atoms. The minimum Gasteiger partial charge on any atom is -0.363 e. The second-order valence-electron chi connectivity index (χ2n) is 7.41. The van der Waals surface area contributed by atoms with Crippen LogP contribution in [0.2, 0.25) is 0 Å². The molecule has 6 heteroatoms. The first-order valence-corrected chi connectivity index (χ1v) is 8.61. The lowest BCUT2D eigenvalue weighted by Crippen LogP contribution is -2.42. The van der Waals surface area contributed by atoms with Crippen LogP contribution in [0.25, 0.3) is 10.9 Å². The van der Waals surface area contributed by atoms with Gasteiger partial charge in [0.1, 0.15) is 5.82 Å². The monoisotopic (exact) mass is 345 g/mol. The Kier molecular flexibility index (Phi) is 3.67. The van der Waals surface area contributed by atoms with E-state index in [-0.39, 0.29) is 24.3 Å². The summed E-state index contributed by atoms with van der Waals surface area (Å²) >= 11 is 0. The van der Waals surface area contributed by atoms with Gasteiger partial charge in [0, 0.05) is 37.9 Å². The maximum absolute atomic E-state index is 13.7. The highest BCUT2D eigenvalue weighted by atomic mass is 19.3. The van der Waals surface area contributed by atoms with Crippen molar-refractivity contribution in [1.29, 1.82) is 0 Å². The fourth-order valence-corrected chi connectivity index (χ4v) is 4.21. The van der Waals surface area contributed by atoms with Crippen LogP contribution in [0.3, 0.4) is 0 Å². The van der Waals surface area contributed by atoms with Crippen molar-refractivity contribution in [3.8, 4) is 0 Å². The number of carbonyl (C=O) groups excluding carboxylic acids is 1. The number of amides is 1. The second-order valence-corrected chi connectivity index (χ2v) is 7.41. The molecule has 0 spiro atoms. The van der Waals surface area contributed by atoms with E-state index in [2.05, 4.69) is 10.3 Å². The molecular formula is C19H21F2N3O. The lowest BCUT2D eigenvalue weighted by molar-refractivity contribution is -0.0561. The average Bonchev–Trinajstić information content (AvgIpc) is 3.09. The van der Waals surface area contributed by atoms with Crippen molar-refractivity contribution in [2.45, 2.75) is 31.2 Å². The molecular weight excluding hydrogens is 324 g/mol. The largest absolute Gasteiger partial charge is 0.363 e. The topological polar surface area (TPSA) is 45.2 Å². The van der Waals surface area contributed by atoms with E-state index in [1.54, 1.807) is 6.07 Å². The van der Waals surface area contributed by atoms with E-state index in [4.69, 9.17) is 0 Å². The normalized spacial score (nSPS) is 26.8. The highest BCUT2D eigenvalue weighted by molar-refractivity contribution is 6.07. The molecule has 2 saturated carbocycles. The molecule has 1 amide bonds. The number of carbonyl (C=O) groups is 1. The van der Waals surface area contributed by atoms with Crippen molar-refractivity contribution in [2.24, 2.45) is 11.8 Å². The van der Waals surface area contributed by atoms with Crippen molar-refractivity contribution in [3.05, 3.63) is 35.9 Å². The Hall–Kier alpha value is -2.24. The van der Waals surface area contributed by atoms with Gasteiger partial charge in [0.15, 0.2) is 0 Å². The number of rotatable bonds is 3. The van der Waals surface area contributed by atoms with E-state index in [1.165, 1.54) is 0 Å². The quantitative estimate of drug-likeness (QED) is 0.927. The highest BCUT2D eigenvalue weighted by Gasteiger charge is 2.56. The molecule has 2 aliphatic rings. The molecule has 25 heavy (non-hydrogen) atoms. The molecule has 2 aromatic rings. The van der Waals surface area contributed by atoms with Crippen LogP contribution < -0.4 is 10.2 Å². The zero-order chi connectivity index (χ0) is 17.8. The summed E-state index contributed by atoms with van der Waals surface area (Å²) in [4.78, 5) is 19.3. The Bertz CT molecular complexity index is 837. The third-order valence-corrected chi connectivity index (χ3v) is 5.55. The number of alkyl halides is 2. The van der Waals surface area contributed by atoms with Gasteiger partial charge in [-0.1, -0.05) is 18.2 Å². The number of para-hydroxylation sites is 1. The van der Waals surface area contributed by atoms with Crippen molar-refractivity contribution < 1.29 is 13.6 Å². The minimum absolute atomic E-state index is 0.108. The molecule has 1 N–H and O–H groups in total. The summed E-state index contributed by atoms with van der Waals surface area (Å²) in [6, 6.07) is 9.09. The van der Waals surface area contributed by atoms with E-state index < -0.39 is 11.8 Å². The number of aromatic nitrogens is 1. The Labute approximate surface area is 145 Å². The predicted octanol–water partition coefficient (Wildman–Crippen LogP) is 3.46. The van der Waals surface area contributed by atoms with Crippen LogP contribution in [0.5, 0.6) is 0 Å².